The third-order valence-corrected chi connectivity index (χ3v) is 15.1. The predicted octanol–water partition coefficient (Wildman–Crippen LogP) is -8.64. The van der Waals surface area contributed by atoms with Crippen molar-refractivity contribution in [3.63, 3.8) is 0 Å². The van der Waals surface area contributed by atoms with Crippen LogP contribution >= 0.6 is 0 Å². The van der Waals surface area contributed by atoms with Crippen LogP contribution in [0.4, 0.5) is 0 Å². The van der Waals surface area contributed by atoms with Gasteiger partial charge in [-0.25, -0.2) is 0 Å². The second kappa shape index (κ2) is 52.5. The molecule has 0 radical (unpaired) electrons. The first-order valence-corrected chi connectivity index (χ1v) is 33.0. The van der Waals surface area contributed by atoms with Gasteiger partial charge in [0.1, 0.15) is 86.8 Å². The molecule has 38 nitrogen and oxygen atoms in total. The van der Waals surface area contributed by atoms with Gasteiger partial charge in [-0.3, -0.25) is 33.6 Å². The molecule has 0 aliphatic carbocycles. The van der Waals surface area contributed by atoms with E-state index in [1.807, 2.05) is 0 Å². The van der Waals surface area contributed by atoms with E-state index in [2.05, 4.69) is 31.9 Å². The smallest absolute Gasteiger partial charge is 0.246 e. The van der Waals surface area contributed by atoms with Crippen LogP contribution in [0.3, 0.4) is 0 Å². The highest BCUT2D eigenvalue weighted by Gasteiger charge is 2.47. The SMILES string of the molecule is CC(=O)N[C@H]1[C@H](OCCOCCOCCOCC(=O)NCCCC[C@H](NC(=O)C(CCCCNC(=O)COCCOCCOCCO[C@@H]2O[C@H](CO)[C@H](O)[C@H](O)[C@H]2N)NC(=O)COCCOCCOCCO[C@@H]2O[C@H](CCO)[C@H](O)[C@H](O)[C@H]2NC(C)=O)C(C)=O)O[C@H](CO)[C@H](O)[C@@H]1O. The predicted molar refractivity (Wildman–Crippen MR) is 335 cm³/mol. The summed E-state index contributed by atoms with van der Waals surface area (Å²) in [6, 6.07) is -5.18. The maximum Gasteiger partial charge on any atom is 0.246 e. The van der Waals surface area contributed by atoms with Crippen LogP contribution in [0.2, 0.25) is 0 Å². The number of carbonyl (C=O) groups is 7. The zero-order valence-electron chi connectivity index (χ0n) is 56.2. The molecule has 3 rings (SSSR count). The lowest BCUT2D eigenvalue weighted by Gasteiger charge is -2.42. The first-order chi connectivity index (χ1) is 47.1. The van der Waals surface area contributed by atoms with Gasteiger partial charge in [-0.2, -0.15) is 0 Å². The van der Waals surface area contributed by atoms with Crippen LogP contribution in [0, 0.1) is 0 Å². The Morgan fingerprint density at radius 1 is 0.408 bits per heavy atom. The minimum Gasteiger partial charge on any atom is -0.396 e. The minimum atomic E-state index is -1.44. The van der Waals surface area contributed by atoms with E-state index in [1.165, 1.54) is 20.8 Å². The molecule has 17 atom stereocenters. The molecule has 0 saturated carbocycles. The number of ether oxygens (including phenoxy) is 15. The van der Waals surface area contributed by atoms with Gasteiger partial charge >= 0.3 is 0 Å². The molecule has 0 bridgehead atoms. The van der Waals surface area contributed by atoms with Crippen LogP contribution in [-0.4, -0.2) is 363 Å². The number of unbranched alkanes of at least 4 members (excludes halogenated alkanes) is 2. The highest BCUT2D eigenvalue weighted by atomic mass is 16.7. The Kier molecular flexibility index (Phi) is 46.9. The minimum absolute atomic E-state index is 0.00137. The molecule has 98 heavy (non-hydrogen) atoms. The number of aliphatic hydroxyl groups excluding tert-OH is 9. The highest BCUT2D eigenvalue weighted by molar-refractivity contribution is 5.92. The maximum atomic E-state index is 13.7. The number of rotatable bonds is 56. The summed E-state index contributed by atoms with van der Waals surface area (Å²) in [6.07, 6.45) is -12.7. The van der Waals surface area contributed by atoms with Gasteiger partial charge in [0.15, 0.2) is 24.7 Å². The number of nitrogens with two attached hydrogens (primary N) is 1. The van der Waals surface area contributed by atoms with Crippen molar-refractivity contribution in [1.82, 2.24) is 31.9 Å². The molecule has 17 N–H and O–H groups in total. The van der Waals surface area contributed by atoms with Gasteiger partial charge in [0.25, 0.3) is 0 Å². The quantitative estimate of drug-likeness (QED) is 0.0252. The fraction of sp³-hybridized carbons (Fsp3) is 0.883. The van der Waals surface area contributed by atoms with Gasteiger partial charge in [0.2, 0.25) is 35.4 Å². The van der Waals surface area contributed by atoms with Gasteiger partial charge in [0.05, 0.1) is 150 Å². The zero-order valence-corrected chi connectivity index (χ0v) is 56.2. The van der Waals surface area contributed by atoms with Crippen LogP contribution in [-0.2, 0) is 105 Å². The lowest BCUT2D eigenvalue weighted by atomic mass is 9.95. The molecule has 1 unspecified atom stereocenters. The van der Waals surface area contributed by atoms with Crippen LogP contribution in [0.5, 0.6) is 0 Å². The molecular weight excluding hydrogens is 1310 g/mol. The molecular formula is C60H109N7O31. The number of nitrogens with one attached hydrogen (secondary N) is 6. The molecule has 38 heteroatoms. The van der Waals surface area contributed by atoms with Crippen molar-refractivity contribution >= 4 is 41.2 Å². The fourth-order valence-corrected chi connectivity index (χ4v) is 9.84. The maximum absolute atomic E-state index is 13.7. The summed E-state index contributed by atoms with van der Waals surface area (Å²) in [4.78, 5) is 87.9. The summed E-state index contributed by atoms with van der Waals surface area (Å²) in [7, 11) is 0. The Labute approximate surface area is 569 Å². The van der Waals surface area contributed by atoms with E-state index in [0.717, 1.165) is 0 Å². The van der Waals surface area contributed by atoms with Crippen LogP contribution in [0.1, 0.15) is 65.7 Å². The molecule has 0 aromatic rings. The van der Waals surface area contributed by atoms with E-state index in [1.54, 1.807) is 0 Å². The third-order valence-electron chi connectivity index (χ3n) is 15.1. The van der Waals surface area contributed by atoms with Crippen molar-refractivity contribution < 1.29 is 151 Å². The van der Waals surface area contributed by atoms with Crippen molar-refractivity contribution in [1.29, 1.82) is 0 Å². The van der Waals surface area contributed by atoms with Gasteiger partial charge in [-0.15, -0.1) is 0 Å². The van der Waals surface area contributed by atoms with Gasteiger partial charge in [0, 0.05) is 33.5 Å². The number of ketones is 1. The Morgan fingerprint density at radius 3 is 1.15 bits per heavy atom. The highest BCUT2D eigenvalue weighted by Crippen LogP contribution is 2.25. The molecule has 3 heterocycles. The van der Waals surface area contributed by atoms with Gasteiger partial charge < -0.3 is 155 Å². The summed E-state index contributed by atoms with van der Waals surface area (Å²) >= 11 is 0. The van der Waals surface area contributed by atoms with E-state index in [4.69, 9.17) is 76.8 Å². The van der Waals surface area contributed by atoms with Crippen molar-refractivity contribution in [3.8, 4) is 0 Å². The summed E-state index contributed by atoms with van der Waals surface area (Å²) in [5, 5.41) is 105. The lowest BCUT2D eigenvalue weighted by molar-refractivity contribution is -0.272. The van der Waals surface area contributed by atoms with Crippen molar-refractivity contribution in [3.05, 3.63) is 0 Å². The monoisotopic (exact) mass is 1420 g/mol. The molecule has 3 fully saturated rings. The number of hydrogen-bond acceptors (Lipinski definition) is 32. The third kappa shape index (κ3) is 35.9. The van der Waals surface area contributed by atoms with E-state index in [9.17, 15) is 79.5 Å². The van der Waals surface area contributed by atoms with Crippen molar-refractivity contribution in [2.75, 3.05) is 172 Å². The Bertz CT molecular complexity index is 2210. The number of Topliss-reactive ketones (excluding diaryl/α,β-unsaturated/α-hetero) is 1. The molecule has 0 spiro atoms. The molecule has 3 saturated heterocycles. The number of aliphatic hydroxyl groups is 9. The Hall–Kier alpha value is -4.51. The standard InChI is InChI=1S/C60H109N7O31/c1-37(71)40(8-4-6-11-62-45(74)34-90-24-21-85-15-18-89-28-31-95-60-50(65-39(3)73)56(82)53(79)44(33-70)98-60)67-57(83)41(9-5-7-12-63-46(75)35-91-23-20-84-14-17-87-26-29-93-58-48(61)54(80)52(78)43(32-69)97-58)66-47(76)36-92-25-22-86-16-19-88-27-30-94-59-49(64-38(2)72)55(81)51(77)42(96-59)10-13-68/h40-44,48-56,58-60,68-70,77-82H,4-36,61H2,1-3H3,(H,62,74)(H,63,75)(H,64,72)(H,65,73)(H,66,76)(H,67,83)/t40-,41?,42+,43+,44+,48+,49+,50+,51-,52-,53-,54+,55+,56+,58+,59+,60+/m0/s1. The summed E-state index contributed by atoms with van der Waals surface area (Å²) in [5.74, 6) is -3.32. The molecule has 0 aromatic heterocycles. The largest absolute Gasteiger partial charge is 0.396 e. The van der Waals surface area contributed by atoms with Crippen LogP contribution < -0.4 is 37.6 Å². The number of carbonyl (C=O) groups excluding carboxylic acids is 7. The fourth-order valence-electron chi connectivity index (χ4n) is 9.84. The van der Waals surface area contributed by atoms with Crippen molar-refractivity contribution in [2.24, 2.45) is 5.73 Å². The zero-order chi connectivity index (χ0) is 72.0. The molecule has 570 valence electrons. The Balaban J connectivity index is 1.33. The van der Waals surface area contributed by atoms with Gasteiger partial charge in [-0.1, -0.05) is 0 Å². The average molecular weight is 1420 g/mol. The molecule has 3 aliphatic heterocycles. The topological polar surface area (TPSA) is 538 Å². The molecule has 3 aliphatic rings. The number of hydrogen-bond donors (Lipinski definition) is 16. The lowest BCUT2D eigenvalue weighted by Crippen LogP contribution is -2.64. The van der Waals surface area contributed by atoms with E-state index >= 15 is 0 Å². The second-order valence-electron chi connectivity index (χ2n) is 22.9. The normalized spacial score (nSPS) is 26.2. The molecule has 0 aromatic carbocycles. The van der Waals surface area contributed by atoms with Crippen molar-refractivity contribution in [2.45, 2.75) is 170 Å². The second-order valence-corrected chi connectivity index (χ2v) is 22.9. The summed E-state index contributed by atoms with van der Waals surface area (Å²) < 4.78 is 82.5. The molecule has 6 amide bonds. The van der Waals surface area contributed by atoms with Crippen LogP contribution in [0.15, 0.2) is 0 Å². The number of amides is 6. The Morgan fingerprint density at radius 2 is 0.755 bits per heavy atom. The summed E-state index contributed by atoms with van der Waals surface area (Å²) in [6.45, 7) is 3.98. The average Bonchev–Trinajstić information content (AvgIpc) is 0.825. The van der Waals surface area contributed by atoms with Crippen LogP contribution in [0.25, 0.3) is 0 Å². The summed E-state index contributed by atoms with van der Waals surface area (Å²) in [5.41, 5.74) is 5.85. The first kappa shape index (κ1) is 87.7. The first-order valence-electron chi connectivity index (χ1n) is 33.0. The van der Waals surface area contributed by atoms with E-state index < -0.39 is 153 Å². The van der Waals surface area contributed by atoms with E-state index in [0.29, 0.717) is 25.7 Å². The van der Waals surface area contributed by atoms with E-state index in [-0.39, 0.29) is 183 Å². The van der Waals surface area contributed by atoms with Gasteiger partial charge in [-0.05, 0) is 51.9 Å².